The summed E-state index contributed by atoms with van der Waals surface area (Å²) < 4.78 is 46.5. The molecule has 1 saturated heterocycles. The zero-order valence-corrected chi connectivity index (χ0v) is 15.4. The number of nitrogens with one attached hydrogen (secondary N) is 1. The number of nitrogens with zero attached hydrogens (tertiary/aromatic N) is 1. The Morgan fingerprint density at radius 1 is 1.07 bits per heavy atom. The van der Waals surface area contributed by atoms with E-state index < -0.39 is 18.7 Å². The second-order valence-electron chi connectivity index (χ2n) is 6.41. The fraction of sp³-hybridized carbons (Fsp3) is 0.300. The third kappa shape index (κ3) is 6.13. The number of hydrogen-bond acceptors (Lipinski definition) is 4. The number of carbonyl (C=O) groups is 2. The molecule has 9 heteroatoms. The van der Waals surface area contributed by atoms with Crippen LogP contribution < -0.4 is 19.7 Å². The van der Waals surface area contributed by atoms with E-state index in [0.29, 0.717) is 24.4 Å². The van der Waals surface area contributed by atoms with Gasteiger partial charge in [0.15, 0.2) is 13.2 Å². The third-order valence-corrected chi connectivity index (χ3v) is 4.11. The molecule has 2 amide bonds. The Kier molecular flexibility index (Phi) is 6.26. The van der Waals surface area contributed by atoms with E-state index in [4.69, 9.17) is 4.74 Å². The Balaban J connectivity index is 1.49. The molecule has 1 fully saturated rings. The first-order chi connectivity index (χ1) is 13.8. The number of carbonyl (C=O) groups excluding carboxylic acids is 2. The summed E-state index contributed by atoms with van der Waals surface area (Å²) in [6, 6.07) is 12.5. The van der Waals surface area contributed by atoms with Crippen molar-refractivity contribution in [3.05, 3.63) is 48.5 Å². The lowest BCUT2D eigenvalue weighted by Crippen LogP contribution is -2.24. The molecule has 0 aromatic heterocycles. The monoisotopic (exact) mass is 408 g/mol. The summed E-state index contributed by atoms with van der Waals surface area (Å²) in [7, 11) is 0. The molecule has 29 heavy (non-hydrogen) atoms. The van der Waals surface area contributed by atoms with Crippen molar-refractivity contribution in [2.24, 2.45) is 0 Å². The van der Waals surface area contributed by atoms with E-state index in [9.17, 15) is 22.8 Å². The van der Waals surface area contributed by atoms with Crippen LogP contribution in [0.25, 0.3) is 0 Å². The smallest absolute Gasteiger partial charge is 0.422 e. The van der Waals surface area contributed by atoms with Gasteiger partial charge in [0.1, 0.15) is 11.5 Å². The van der Waals surface area contributed by atoms with E-state index in [0.717, 1.165) is 12.1 Å². The van der Waals surface area contributed by atoms with E-state index in [2.05, 4.69) is 10.1 Å². The van der Waals surface area contributed by atoms with Crippen molar-refractivity contribution in [1.29, 1.82) is 0 Å². The van der Waals surface area contributed by atoms with Crippen LogP contribution >= 0.6 is 0 Å². The van der Waals surface area contributed by atoms with Gasteiger partial charge in [-0.05, 0) is 42.8 Å². The molecule has 1 heterocycles. The molecular weight excluding hydrogens is 389 g/mol. The topological polar surface area (TPSA) is 67.9 Å². The number of hydrogen-bond donors (Lipinski definition) is 1. The van der Waals surface area contributed by atoms with Gasteiger partial charge in [-0.15, -0.1) is 0 Å². The summed E-state index contributed by atoms with van der Waals surface area (Å²) in [5.41, 5.74) is 1.12. The van der Waals surface area contributed by atoms with Gasteiger partial charge in [-0.1, -0.05) is 6.07 Å². The average Bonchev–Trinajstić information content (AvgIpc) is 3.11. The number of anilines is 2. The molecule has 0 unspecified atom stereocenters. The van der Waals surface area contributed by atoms with E-state index in [1.54, 1.807) is 29.2 Å². The van der Waals surface area contributed by atoms with Gasteiger partial charge in [0.25, 0.3) is 5.91 Å². The van der Waals surface area contributed by atoms with Crippen molar-refractivity contribution in [1.82, 2.24) is 0 Å². The molecule has 1 aliphatic heterocycles. The van der Waals surface area contributed by atoms with Gasteiger partial charge >= 0.3 is 6.18 Å². The molecule has 154 valence electrons. The largest absolute Gasteiger partial charge is 0.484 e. The summed E-state index contributed by atoms with van der Waals surface area (Å²) in [6.45, 7) is -0.982. The van der Waals surface area contributed by atoms with E-state index in [1.165, 1.54) is 24.3 Å². The molecule has 2 aromatic carbocycles. The lowest BCUT2D eigenvalue weighted by molar-refractivity contribution is -0.153. The van der Waals surface area contributed by atoms with Gasteiger partial charge in [-0.25, -0.2) is 0 Å². The highest BCUT2D eigenvalue weighted by Crippen LogP contribution is 2.25. The average molecular weight is 408 g/mol. The summed E-state index contributed by atoms with van der Waals surface area (Å²) in [6.07, 6.45) is -3.08. The minimum absolute atomic E-state index is 0.0462. The van der Waals surface area contributed by atoms with E-state index in [1.807, 2.05) is 0 Å². The van der Waals surface area contributed by atoms with Crippen LogP contribution in [0.2, 0.25) is 0 Å². The zero-order chi connectivity index (χ0) is 20.9. The van der Waals surface area contributed by atoms with Crippen molar-refractivity contribution in [3.8, 4) is 11.5 Å². The fourth-order valence-corrected chi connectivity index (χ4v) is 2.81. The van der Waals surface area contributed by atoms with Crippen molar-refractivity contribution < 1.29 is 32.2 Å². The Morgan fingerprint density at radius 3 is 2.48 bits per heavy atom. The Bertz CT molecular complexity index is 869. The van der Waals surface area contributed by atoms with Crippen LogP contribution in [0.15, 0.2) is 48.5 Å². The Labute approximate surface area is 165 Å². The molecular formula is C20H19F3N2O4. The number of alkyl halides is 3. The first-order valence-corrected chi connectivity index (χ1v) is 8.93. The molecule has 0 atom stereocenters. The molecule has 6 nitrogen and oxygen atoms in total. The van der Waals surface area contributed by atoms with Crippen LogP contribution in [-0.2, 0) is 9.59 Å². The summed E-state index contributed by atoms with van der Waals surface area (Å²) in [5, 5.41) is 2.58. The highest BCUT2D eigenvalue weighted by Gasteiger charge is 2.28. The first kappa shape index (κ1) is 20.5. The molecule has 2 aromatic rings. The van der Waals surface area contributed by atoms with Gasteiger partial charge in [-0.2, -0.15) is 13.2 Å². The van der Waals surface area contributed by atoms with Crippen LogP contribution in [0, 0.1) is 0 Å². The maximum atomic E-state index is 12.1. The highest BCUT2D eigenvalue weighted by molar-refractivity contribution is 5.95. The summed E-state index contributed by atoms with van der Waals surface area (Å²) >= 11 is 0. The van der Waals surface area contributed by atoms with Gasteiger partial charge in [-0.3, -0.25) is 9.59 Å². The first-order valence-electron chi connectivity index (χ1n) is 8.93. The van der Waals surface area contributed by atoms with Gasteiger partial charge in [0.05, 0.1) is 0 Å². The van der Waals surface area contributed by atoms with Crippen molar-refractivity contribution in [2.75, 3.05) is 30.0 Å². The zero-order valence-electron chi connectivity index (χ0n) is 15.4. The minimum Gasteiger partial charge on any atom is -0.484 e. The number of ether oxygens (including phenoxy) is 2. The van der Waals surface area contributed by atoms with Gasteiger partial charge in [0, 0.05) is 30.4 Å². The predicted octanol–water partition coefficient (Wildman–Crippen LogP) is 3.77. The molecule has 1 N–H and O–H groups in total. The number of benzene rings is 2. The SMILES string of the molecule is O=C(COc1cccc(N2CCCC2=O)c1)Nc1ccc(OCC(F)(F)F)cc1. The highest BCUT2D eigenvalue weighted by atomic mass is 19.4. The summed E-state index contributed by atoms with van der Waals surface area (Å²) in [5.74, 6) is 0.122. The third-order valence-electron chi connectivity index (χ3n) is 4.11. The molecule has 1 aliphatic rings. The van der Waals surface area contributed by atoms with Crippen LogP contribution in [0.3, 0.4) is 0 Å². The molecule has 0 saturated carbocycles. The van der Waals surface area contributed by atoms with Crippen LogP contribution in [0.1, 0.15) is 12.8 Å². The second kappa shape index (κ2) is 8.85. The van der Waals surface area contributed by atoms with Crippen LogP contribution in [0.5, 0.6) is 11.5 Å². The van der Waals surface area contributed by atoms with Gasteiger partial charge in [0.2, 0.25) is 5.91 Å². The minimum atomic E-state index is -4.41. The lowest BCUT2D eigenvalue weighted by atomic mass is 10.3. The number of amides is 2. The maximum absolute atomic E-state index is 12.1. The molecule has 3 rings (SSSR count). The molecule has 0 radical (unpaired) electrons. The fourth-order valence-electron chi connectivity index (χ4n) is 2.81. The molecule has 0 bridgehead atoms. The van der Waals surface area contributed by atoms with E-state index >= 15 is 0 Å². The standard InChI is InChI=1S/C20H19F3N2O4/c21-20(22,23)13-29-16-8-6-14(7-9-16)24-18(26)12-28-17-4-1-3-15(11-17)25-10-2-5-19(25)27/h1,3-4,6-9,11H,2,5,10,12-13H2,(H,24,26). The second-order valence-corrected chi connectivity index (χ2v) is 6.41. The maximum Gasteiger partial charge on any atom is 0.422 e. The predicted molar refractivity (Wildman–Crippen MR) is 100 cm³/mol. The van der Waals surface area contributed by atoms with Gasteiger partial charge < -0.3 is 19.7 Å². The number of rotatable bonds is 7. The van der Waals surface area contributed by atoms with Crippen LogP contribution in [0.4, 0.5) is 24.5 Å². The van der Waals surface area contributed by atoms with Crippen LogP contribution in [-0.4, -0.2) is 37.7 Å². The summed E-state index contributed by atoms with van der Waals surface area (Å²) in [4.78, 5) is 25.5. The Hall–Kier alpha value is -3.23. The molecule has 0 aliphatic carbocycles. The van der Waals surface area contributed by atoms with E-state index in [-0.39, 0.29) is 18.3 Å². The van der Waals surface area contributed by atoms with Crippen molar-refractivity contribution >= 4 is 23.2 Å². The quantitative estimate of drug-likeness (QED) is 0.757. The molecule has 0 spiro atoms. The number of halogens is 3. The normalized spacial score (nSPS) is 14.0. The van der Waals surface area contributed by atoms with Crippen molar-refractivity contribution in [3.63, 3.8) is 0 Å². The lowest BCUT2D eigenvalue weighted by Gasteiger charge is -2.16. The Morgan fingerprint density at radius 2 is 1.83 bits per heavy atom. The van der Waals surface area contributed by atoms with Crippen molar-refractivity contribution in [2.45, 2.75) is 19.0 Å².